The monoisotopic (exact) mass is 343 g/mol. The molecule has 6 nitrogen and oxygen atoms in total. The molecule has 0 spiro atoms. The van der Waals surface area contributed by atoms with Gasteiger partial charge in [0.25, 0.3) is 0 Å². The second kappa shape index (κ2) is 6.05. The Bertz CT molecular complexity index is 595. The molecule has 1 aromatic carbocycles. The number of halogens is 2. The molecule has 0 amide bonds. The van der Waals surface area contributed by atoms with Crippen molar-refractivity contribution < 1.29 is 4.74 Å². The largest absolute Gasteiger partial charge is 0.495 e. The first-order chi connectivity index (χ1) is 9.13. The van der Waals surface area contributed by atoms with Crippen LogP contribution in [0.2, 0.25) is 5.02 Å². The number of nitrogens with zero attached hydrogens (tertiary/aromatic N) is 2. The maximum absolute atomic E-state index is 6.03. The number of nitrogens with one attached hydrogen (secondary N) is 2. The summed E-state index contributed by atoms with van der Waals surface area (Å²) in [6, 6.07) is 5.55. The molecule has 0 fully saturated rings. The van der Waals surface area contributed by atoms with Gasteiger partial charge in [0.2, 0.25) is 5.95 Å². The van der Waals surface area contributed by atoms with E-state index in [2.05, 4.69) is 36.6 Å². The van der Waals surface area contributed by atoms with Crippen LogP contribution in [0.3, 0.4) is 0 Å². The fourth-order valence-electron chi connectivity index (χ4n) is 1.43. The molecule has 0 aliphatic heterocycles. The Labute approximate surface area is 123 Å². The molecule has 8 heteroatoms. The third-order valence-electron chi connectivity index (χ3n) is 2.29. The van der Waals surface area contributed by atoms with Crippen LogP contribution in [0.25, 0.3) is 0 Å². The minimum Gasteiger partial charge on any atom is -0.495 e. The van der Waals surface area contributed by atoms with E-state index in [1.807, 2.05) is 18.2 Å². The van der Waals surface area contributed by atoms with Crippen LogP contribution in [0.4, 0.5) is 17.5 Å². The molecule has 0 aliphatic rings. The standard InChI is InChI=1S/C11H11BrClN5O/c1-19-9-3-2-6(12)4-8(9)16-10-7(13)5-15-11(17-10)18-14/h2-5H,14H2,1H3,(H2,15,16,17,18). The zero-order chi connectivity index (χ0) is 13.8. The summed E-state index contributed by atoms with van der Waals surface area (Å²) in [5.74, 6) is 6.63. The summed E-state index contributed by atoms with van der Waals surface area (Å²) < 4.78 is 6.16. The molecular formula is C11H11BrClN5O. The number of aromatic nitrogens is 2. The van der Waals surface area contributed by atoms with Crippen molar-refractivity contribution in [3.05, 3.63) is 33.9 Å². The fourth-order valence-corrected chi connectivity index (χ4v) is 1.93. The highest BCUT2D eigenvalue weighted by Gasteiger charge is 2.09. The number of ether oxygens (including phenoxy) is 1. The predicted molar refractivity (Wildman–Crippen MR) is 78.8 cm³/mol. The van der Waals surface area contributed by atoms with E-state index in [0.29, 0.717) is 16.6 Å². The van der Waals surface area contributed by atoms with Gasteiger partial charge in [-0.05, 0) is 18.2 Å². The topological polar surface area (TPSA) is 85.1 Å². The Hall–Kier alpha value is -1.57. The molecule has 0 radical (unpaired) electrons. The normalized spacial score (nSPS) is 10.1. The van der Waals surface area contributed by atoms with Gasteiger partial charge in [0.15, 0.2) is 5.82 Å². The van der Waals surface area contributed by atoms with Crippen molar-refractivity contribution in [2.24, 2.45) is 5.84 Å². The van der Waals surface area contributed by atoms with E-state index in [9.17, 15) is 0 Å². The van der Waals surface area contributed by atoms with Crippen LogP contribution in [0.5, 0.6) is 5.75 Å². The summed E-state index contributed by atoms with van der Waals surface area (Å²) in [5.41, 5.74) is 3.08. The maximum Gasteiger partial charge on any atom is 0.239 e. The van der Waals surface area contributed by atoms with Crippen molar-refractivity contribution in [3.63, 3.8) is 0 Å². The molecule has 1 heterocycles. The highest BCUT2D eigenvalue weighted by molar-refractivity contribution is 9.10. The van der Waals surface area contributed by atoms with Gasteiger partial charge in [-0.25, -0.2) is 10.8 Å². The molecule has 0 unspecified atom stereocenters. The minimum atomic E-state index is 0.265. The molecule has 2 aromatic rings. The van der Waals surface area contributed by atoms with Crippen LogP contribution in [-0.4, -0.2) is 17.1 Å². The smallest absolute Gasteiger partial charge is 0.239 e. The Morgan fingerprint density at radius 3 is 2.89 bits per heavy atom. The summed E-state index contributed by atoms with van der Waals surface area (Å²) in [7, 11) is 1.59. The van der Waals surface area contributed by atoms with Gasteiger partial charge in [-0.15, -0.1) is 0 Å². The Morgan fingerprint density at radius 1 is 1.42 bits per heavy atom. The van der Waals surface area contributed by atoms with Crippen molar-refractivity contribution in [2.45, 2.75) is 0 Å². The number of hydrogen-bond donors (Lipinski definition) is 3. The lowest BCUT2D eigenvalue weighted by Gasteiger charge is -2.12. The van der Waals surface area contributed by atoms with Gasteiger partial charge in [0.05, 0.1) is 19.0 Å². The van der Waals surface area contributed by atoms with Crippen LogP contribution in [-0.2, 0) is 0 Å². The van der Waals surface area contributed by atoms with Crippen LogP contribution in [0, 0.1) is 0 Å². The van der Waals surface area contributed by atoms with E-state index >= 15 is 0 Å². The van der Waals surface area contributed by atoms with Crippen LogP contribution < -0.4 is 21.3 Å². The van der Waals surface area contributed by atoms with Crippen molar-refractivity contribution in [2.75, 3.05) is 17.9 Å². The average molecular weight is 345 g/mol. The predicted octanol–water partition coefficient (Wildman–Crippen LogP) is 2.93. The van der Waals surface area contributed by atoms with E-state index in [-0.39, 0.29) is 5.95 Å². The highest BCUT2D eigenvalue weighted by Crippen LogP contribution is 2.32. The molecule has 1 aromatic heterocycles. The Morgan fingerprint density at radius 2 is 2.21 bits per heavy atom. The lowest BCUT2D eigenvalue weighted by Crippen LogP contribution is -2.11. The van der Waals surface area contributed by atoms with E-state index < -0.39 is 0 Å². The number of nitrogen functional groups attached to an aromatic ring is 1. The van der Waals surface area contributed by atoms with Crippen LogP contribution in [0.15, 0.2) is 28.9 Å². The van der Waals surface area contributed by atoms with Crippen molar-refractivity contribution in [3.8, 4) is 5.75 Å². The van der Waals surface area contributed by atoms with Crippen molar-refractivity contribution in [1.29, 1.82) is 0 Å². The van der Waals surface area contributed by atoms with Gasteiger partial charge >= 0.3 is 0 Å². The van der Waals surface area contributed by atoms with Gasteiger partial charge in [0.1, 0.15) is 10.8 Å². The molecular weight excluding hydrogens is 334 g/mol. The fraction of sp³-hybridized carbons (Fsp3) is 0.0909. The number of methoxy groups -OCH3 is 1. The first-order valence-corrected chi connectivity index (χ1v) is 6.41. The number of hydrogen-bond acceptors (Lipinski definition) is 6. The Balaban J connectivity index is 2.37. The van der Waals surface area contributed by atoms with E-state index in [1.165, 1.54) is 6.20 Å². The van der Waals surface area contributed by atoms with E-state index in [1.54, 1.807) is 7.11 Å². The van der Waals surface area contributed by atoms with Gasteiger partial charge in [-0.2, -0.15) is 4.98 Å². The van der Waals surface area contributed by atoms with Crippen LogP contribution in [0.1, 0.15) is 0 Å². The molecule has 100 valence electrons. The molecule has 0 aliphatic carbocycles. The molecule has 0 bridgehead atoms. The number of rotatable bonds is 4. The molecule has 2 rings (SSSR count). The quantitative estimate of drug-likeness (QED) is 0.584. The summed E-state index contributed by atoms with van der Waals surface area (Å²) in [4.78, 5) is 8.03. The van der Waals surface area contributed by atoms with Gasteiger partial charge in [0, 0.05) is 4.47 Å². The van der Waals surface area contributed by atoms with E-state index in [4.69, 9.17) is 22.2 Å². The highest BCUT2D eigenvalue weighted by atomic mass is 79.9. The zero-order valence-corrected chi connectivity index (χ0v) is 12.3. The lowest BCUT2D eigenvalue weighted by molar-refractivity contribution is 0.416. The van der Waals surface area contributed by atoms with E-state index in [0.717, 1.165) is 10.2 Å². The summed E-state index contributed by atoms with van der Waals surface area (Å²) in [6.07, 6.45) is 1.45. The first kappa shape index (κ1) is 13.9. The first-order valence-electron chi connectivity index (χ1n) is 5.23. The summed E-state index contributed by atoms with van der Waals surface area (Å²) in [5, 5.41) is 3.45. The third-order valence-corrected chi connectivity index (χ3v) is 3.06. The number of anilines is 3. The molecule has 0 atom stereocenters. The SMILES string of the molecule is COc1ccc(Br)cc1Nc1nc(NN)ncc1Cl. The Kier molecular flexibility index (Phi) is 4.41. The van der Waals surface area contributed by atoms with Gasteiger partial charge in [-0.3, -0.25) is 5.43 Å². The molecule has 0 saturated carbocycles. The molecule has 19 heavy (non-hydrogen) atoms. The zero-order valence-electron chi connectivity index (χ0n) is 9.95. The number of nitrogens with two attached hydrogens (primary N) is 1. The molecule has 0 saturated heterocycles. The summed E-state index contributed by atoms with van der Waals surface area (Å²) >= 11 is 9.42. The number of hydrazine groups is 1. The minimum absolute atomic E-state index is 0.265. The van der Waals surface area contributed by atoms with Gasteiger partial charge < -0.3 is 10.1 Å². The van der Waals surface area contributed by atoms with Crippen molar-refractivity contribution in [1.82, 2.24) is 9.97 Å². The lowest BCUT2D eigenvalue weighted by atomic mass is 10.3. The maximum atomic E-state index is 6.03. The average Bonchev–Trinajstić information content (AvgIpc) is 2.41. The molecule has 4 N–H and O–H groups in total. The van der Waals surface area contributed by atoms with Gasteiger partial charge in [-0.1, -0.05) is 27.5 Å². The number of benzene rings is 1. The van der Waals surface area contributed by atoms with Crippen LogP contribution >= 0.6 is 27.5 Å². The summed E-state index contributed by atoms with van der Waals surface area (Å²) in [6.45, 7) is 0. The van der Waals surface area contributed by atoms with Crippen molar-refractivity contribution >= 4 is 45.0 Å². The second-order valence-corrected chi connectivity index (χ2v) is 4.83. The third kappa shape index (κ3) is 3.25. The second-order valence-electron chi connectivity index (χ2n) is 3.50.